The lowest BCUT2D eigenvalue weighted by molar-refractivity contribution is 0.214. The number of aliphatic hydroxyl groups is 1. The van der Waals surface area contributed by atoms with Gasteiger partial charge in [-0.3, -0.25) is 4.57 Å². The van der Waals surface area contributed by atoms with E-state index in [9.17, 15) is 9.67 Å². The van der Waals surface area contributed by atoms with Crippen molar-refractivity contribution in [1.29, 1.82) is 0 Å². The summed E-state index contributed by atoms with van der Waals surface area (Å²) in [4.78, 5) is 1.95. The second-order valence-electron chi connectivity index (χ2n) is 5.54. The van der Waals surface area contributed by atoms with Crippen molar-refractivity contribution >= 4 is 18.4 Å². The highest BCUT2D eigenvalue weighted by atomic mass is 31.2. The van der Waals surface area contributed by atoms with Gasteiger partial charge >= 0.3 is 0 Å². The Morgan fingerprint density at radius 3 is 2.29 bits per heavy atom. The summed E-state index contributed by atoms with van der Waals surface area (Å²) in [5.74, 6) is -0.811. The molecule has 0 unspecified atom stereocenters. The highest BCUT2D eigenvalue weighted by molar-refractivity contribution is 7.67. The van der Waals surface area contributed by atoms with Crippen molar-refractivity contribution < 1.29 is 18.9 Å². The molecule has 1 N–H and O–H groups in total. The first-order valence-corrected chi connectivity index (χ1v) is 9.46. The average Bonchev–Trinajstić information content (AvgIpc) is 2.61. The predicted octanol–water partition coefficient (Wildman–Crippen LogP) is 3.39. The van der Waals surface area contributed by atoms with E-state index < -0.39 is 13.2 Å². The number of ether oxygens (including phenoxy) is 1. The molecule has 0 amide bonds. The van der Waals surface area contributed by atoms with Crippen molar-refractivity contribution in [3.63, 3.8) is 0 Å². The summed E-state index contributed by atoms with van der Waals surface area (Å²) >= 11 is 0. The molecule has 2 atom stereocenters. The fourth-order valence-corrected chi connectivity index (χ4v) is 4.60. The third-order valence-electron chi connectivity index (χ3n) is 3.79. The number of rotatable bonds is 7. The minimum Gasteiger partial charge on any atom is -0.496 e. The summed E-state index contributed by atoms with van der Waals surface area (Å²) in [7, 11) is 1.86. The van der Waals surface area contributed by atoms with Crippen LogP contribution in [0.15, 0.2) is 48.5 Å². The summed E-state index contributed by atoms with van der Waals surface area (Å²) in [5.41, 5.74) is 1.43. The molecule has 0 spiro atoms. The number of methoxy groups -OCH3 is 1. The van der Waals surface area contributed by atoms with Gasteiger partial charge in [0, 0.05) is 30.7 Å². The summed E-state index contributed by atoms with van der Waals surface area (Å²) in [6.07, 6.45) is 0. The lowest BCUT2D eigenvalue weighted by atomic mass is 10.2. The Morgan fingerprint density at radius 1 is 1.12 bits per heavy atom. The Balaban J connectivity index is 2.48. The van der Waals surface area contributed by atoms with Crippen LogP contribution in [0.1, 0.15) is 18.3 Å². The van der Waals surface area contributed by atoms with E-state index >= 15 is 0 Å². The highest BCUT2D eigenvalue weighted by Gasteiger charge is 2.37. The molecular formula is C18H24NO4P. The van der Waals surface area contributed by atoms with E-state index in [1.807, 2.05) is 31.1 Å². The molecule has 0 aliphatic carbocycles. The Bertz CT molecular complexity index is 715. The molecule has 6 heteroatoms. The summed E-state index contributed by atoms with van der Waals surface area (Å²) in [6.45, 7) is 1.99. The quantitative estimate of drug-likeness (QED) is 0.777. The first-order chi connectivity index (χ1) is 11.4. The van der Waals surface area contributed by atoms with Crippen molar-refractivity contribution in [3.8, 4) is 5.75 Å². The number of aliphatic hydroxyl groups excluding tert-OH is 1. The normalized spacial score (nSPS) is 14.7. The first kappa shape index (κ1) is 18.5. The molecule has 2 rings (SSSR count). The fourth-order valence-electron chi connectivity index (χ4n) is 2.50. The number of nitrogens with zero attached hydrogens (tertiary/aromatic N) is 1. The first-order valence-electron chi connectivity index (χ1n) is 7.77. The van der Waals surface area contributed by atoms with Crippen molar-refractivity contribution in [2.45, 2.75) is 12.8 Å². The van der Waals surface area contributed by atoms with Crippen LogP contribution in [0.5, 0.6) is 5.75 Å². The SMILES string of the molecule is CCO[P@](=O)(c1ccc(N(C)C)cc1)[C@@H](O)c1ccccc1OC. The maximum absolute atomic E-state index is 13.5. The zero-order chi connectivity index (χ0) is 17.7. The Labute approximate surface area is 143 Å². The minimum absolute atomic E-state index is 0.235. The van der Waals surface area contributed by atoms with Crippen LogP contribution in [-0.2, 0) is 9.09 Å². The van der Waals surface area contributed by atoms with Crippen LogP contribution in [0.4, 0.5) is 5.69 Å². The van der Waals surface area contributed by atoms with Crippen molar-refractivity contribution in [2.75, 3.05) is 32.7 Å². The van der Waals surface area contributed by atoms with E-state index in [0.29, 0.717) is 16.6 Å². The smallest absolute Gasteiger partial charge is 0.264 e. The van der Waals surface area contributed by atoms with Crippen LogP contribution in [0.3, 0.4) is 0 Å². The molecule has 0 aromatic heterocycles. The lowest BCUT2D eigenvalue weighted by Crippen LogP contribution is -2.16. The molecule has 0 bridgehead atoms. The number of hydrogen-bond donors (Lipinski definition) is 1. The maximum Gasteiger partial charge on any atom is 0.264 e. The van der Waals surface area contributed by atoms with E-state index in [1.54, 1.807) is 43.3 Å². The largest absolute Gasteiger partial charge is 0.496 e. The number of para-hydroxylation sites is 1. The van der Waals surface area contributed by atoms with Crippen LogP contribution in [0.2, 0.25) is 0 Å². The third-order valence-corrected chi connectivity index (χ3v) is 6.37. The zero-order valence-electron chi connectivity index (χ0n) is 14.5. The highest BCUT2D eigenvalue weighted by Crippen LogP contribution is 2.58. The lowest BCUT2D eigenvalue weighted by Gasteiger charge is -2.25. The Morgan fingerprint density at radius 2 is 1.75 bits per heavy atom. The van der Waals surface area contributed by atoms with E-state index in [1.165, 1.54) is 7.11 Å². The van der Waals surface area contributed by atoms with Gasteiger partial charge in [-0.15, -0.1) is 0 Å². The maximum atomic E-state index is 13.5. The molecule has 0 aliphatic heterocycles. The second kappa shape index (κ2) is 7.84. The van der Waals surface area contributed by atoms with Gasteiger partial charge in [0.25, 0.3) is 7.37 Å². The summed E-state index contributed by atoms with van der Waals surface area (Å²) < 4.78 is 24.4. The van der Waals surface area contributed by atoms with E-state index in [2.05, 4.69) is 0 Å². The van der Waals surface area contributed by atoms with Gasteiger partial charge in [0.2, 0.25) is 0 Å². The molecule has 0 saturated heterocycles. The van der Waals surface area contributed by atoms with Crippen molar-refractivity contribution in [3.05, 3.63) is 54.1 Å². The molecule has 0 saturated carbocycles. The molecular weight excluding hydrogens is 325 g/mol. The van der Waals surface area contributed by atoms with E-state index in [4.69, 9.17) is 9.26 Å². The monoisotopic (exact) mass is 349 g/mol. The average molecular weight is 349 g/mol. The summed E-state index contributed by atoms with van der Waals surface area (Å²) in [6, 6.07) is 14.2. The molecule has 2 aromatic rings. The molecule has 24 heavy (non-hydrogen) atoms. The van der Waals surface area contributed by atoms with Crippen LogP contribution < -0.4 is 14.9 Å². The Kier molecular flexibility index (Phi) is 6.05. The van der Waals surface area contributed by atoms with Gasteiger partial charge in [-0.2, -0.15) is 0 Å². The van der Waals surface area contributed by atoms with Crippen molar-refractivity contribution in [1.82, 2.24) is 0 Å². The van der Waals surface area contributed by atoms with E-state index in [0.717, 1.165) is 5.69 Å². The fraction of sp³-hybridized carbons (Fsp3) is 0.333. The molecule has 2 aromatic carbocycles. The zero-order valence-corrected chi connectivity index (χ0v) is 15.4. The predicted molar refractivity (Wildman–Crippen MR) is 97.6 cm³/mol. The standard InChI is InChI=1S/C18H24NO4P/c1-5-23-24(21,15-12-10-14(11-13-15)19(2)3)18(20)16-8-6-7-9-17(16)22-4/h6-13,18,20H,5H2,1-4H3/t18-,24-/m1/s1. The molecule has 0 heterocycles. The third kappa shape index (κ3) is 3.64. The van der Waals surface area contributed by atoms with Gasteiger partial charge in [0.05, 0.1) is 13.7 Å². The van der Waals surface area contributed by atoms with Gasteiger partial charge in [-0.1, -0.05) is 18.2 Å². The molecule has 0 aliphatic rings. The molecule has 130 valence electrons. The Hall–Kier alpha value is -1.81. The minimum atomic E-state index is -3.52. The molecule has 0 fully saturated rings. The van der Waals surface area contributed by atoms with Crippen molar-refractivity contribution in [2.24, 2.45) is 0 Å². The molecule has 0 radical (unpaired) electrons. The van der Waals surface area contributed by atoms with Crippen LogP contribution in [0.25, 0.3) is 0 Å². The van der Waals surface area contributed by atoms with Gasteiger partial charge in [-0.25, -0.2) is 0 Å². The number of benzene rings is 2. The molecule has 5 nitrogen and oxygen atoms in total. The number of anilines is 1. The van der Waals surface area contributed by atoms with Crippen LogP contribution in [-0.4, -0.2) is 32.9 Å². The number of hydrogen-bond acceptors (Lipinski definition) is 5. The summed E-state index contributed by atoms with van der Waals surface area (Å²) in [5, 5.41) is 11.3. The van der Waals surface area contributed by atoms with Gasteiger partial charge in [-0.05, 0) is 37.3 Å². The second-order valence-corrected chi connectivity index (χ2v) is 8.00. The van der Waals surface area contributed by atoms with Gasteiger partial charge < -0.3 is 19.3 Å². The van der Waals surface area contributed by atoms with Crippen LogP contribution in [0, 0.1) is 0 Å². The van der Waals surface area contributed by atoms with Crippen LogP contribution >= 0.6 is 7.37 Å². The van der Waals surface area contributed by atoms with Gasteiger partial charge in [0.1, 0.15) is 5.75 Å². The topological polar surface area (TPSA) is 59.0 Å². The van der Waals surface area contributed by atoms with Gasteiger partial charge in [0.15, 0.2) is 5.85 Å². The van der Waals surface area contributed by atoms with E-state index in [-0.39, 0.29) is 6.61 Å².